The maximum absolute atomic E-state index is 5.84. The van der Waals surface area contributed by atoms with E-state index in [1.54, 1.807) is 30.8 Å². The van der Waals surface area contributed by atoms with Gasteiger partial charge in [0.2, 0.25) is 0 Å². The van der Waals surface area contributed by atoms with Crippen molar-refractivity contribution in [3.63, 3.8) is 0 Å². The van der Waals surface area contributed by atoms with Crippen molar-refractivity contribution in [3.05, 3.63) is 48.1 Å². The summed E-state index contributed by atoms with van der Waals surface area (Å²) in [6, 6.07) is 9.97. The van der Waals surface area contributed by atoms with Crippen LogP contribution in [0.1, 0.15) is 45.4 Å². The van der Waals surface area contributed by atoms with E-state index in [0.717, 1.165) is 46.6 Å². The number of hydrogen-bond donors (Lipinski definition) is 1. The van der Waals surface area contributed by atoms with Crippen LogP contribution in [-0.2, 0) is 0 Å². The van der Waals surface area contributed by atoms with Gasteiger partial charge in [0.1, 0.15) is 11.5 Å². The van der Waals surface area contributed by atoms with Gasteiger partial charge in [-0.2, -0.15) is 0 Å². The first-order valence-corrected chi connectivity index (χ1v) is 11.1. The first kappa shape index (κ1) is 21.1. The summed E-state index contributed by atoms with van der Waals surface area (Å²) >= 11 is 1.56. The number of anilines is 2. The molecule has 3 aromatic rings. The van der Waals surface area contributed by atoms with Crippen LogP contribution in [0.25, 0.3) is 11.3 Å². The predicted molar refractivity (Wildman–Crippen MR) is 120 cm³/mol. The minimum absolute atomic E-state index is 0.724. The van der Waals surface area contributed by atoms with Gasteiger partial charge in [-0.25, -0.2) is 4.98 Å². The Morgan fingerprint density at radius 1 is 0.966 bits per heavy atom. The first-order valence-electron chi connectivity index (χ1n) is 10.2. The topological polar surface area (TPSA) is 56.3 Å². The minimum Gasteiger partial charge on any atom is -0.495 e. The number of nitrogens with zero attached hydrogens (tertiary/aromatic N) is 2. The zero-order valence-corrected chi connectivity index (χ0v) is 18.0. The highest BCUT2D eigenvalue weighted by atomic mass is 32.1. The summed E-state index contributed by atoms with van der Waals surface area (Å²) < 4.78 is 11.1. The highest BCUT2D eigenvalue weighted by Crippen LogP contribution is 2.29. The largest absolute Gasteiger partial charge is 0.495 e. The summed E-state index contributed by atoms with van der Waals surface area (Å²) in [4.78, 5) is 8.83. The van der Waals surface area contributed by atoms with Crippen LogP contribution in [0, 0.1) is 0 Å². The molecule has 0 amide bonds. The zero-order chi connectivity index (χ0) is 20.3. The van der Waals surface area contributed by atoms with Crippen LogP contribution in [0.15, 0.2) is 48.1 Å². The molecule has 0 aliphatic heterocycles. The summed E-state index contributed by atoms with van der Waals surface area (Å²) in [6.07, 6.45) is 11.1. The molecule has 154 valence electrons. The molecule has 0 unspecified atom stereocenters. The predicted octanol–water partition coefficient (Wildman–Crippen LogP) is 6.70. The van der Waals surface area contributed by atoms with Crippen LogP contribution in [0.4, 0.5) is 10.8 Å². The number of hydrogen-bond acceptors (Lipinski definition) is 6. The molecule has 0 aliphatic carbocycles. The molecule has 5 nitrogen and oxygen atoms in total. The number of thiazole rings is 1. The molecule has 0 aliphatic rings. The molecule has 0 atom stereocenters. The molecule has 0 bridgehead atoms. The van der Waals surface area contributed by atoms with Crippen molar-refractivity contribution in [2.75, 3.05) is 19.0 Å². The summed E-state index contributed by atoms with van der Waals surface area (Å²) in [5, 5.41) is 6.19. The van der Waals surface area contributed by atoms with Gasteiger partial charge in [0.15, 0.2) is 5.13 Å². The fourth-order valence-corrected chi connectivity index (χ4v) is 3.70. The van der Waals surface area contributed by atoms with E-state index < -0.39 is 0 Å². The van der Waals surface area contributed by atoms with Gasteiger partial charge in [0.05, 0.1) is 25.6 Å². The zero-order valence-electron chi connectivity index (χ0n) is 17.2. The Hall–Kier alpha value is -2.60. The molecule has 0 saturated heterocycles. The lowest BCUT2D eigenvalue weighted by molar-refractivity contribution is 0.304. The number of pyridine rings is 1. The number of rotatable bonds is 12. The van der Waals surface area contributed by atoms with Gasteiger partial charge >= 0.3 is 0 Å². The first-order chi connectivity index (χ1) is 14.3. The van der Waals surface area contributed by atoms with Crippen molar-refractivity contribution < 1.29 is 9.47 Å². The summed E-state index contributed by atoms with van der Waals surface area (Å²) in [5.41, 5.74) is 2.80. The standard InChI is InChI=1S/C23H29N3O2S/c1-3-4-5-6-7-8-13-28-20-11-9-19(10-12-20)25-23-26-22(17-29-23)18-14-21(27-2)16-24-15-18/h9-12,14-17H,3-8,13H2,1-2H3,(H,25,26). The van der Waals surface area contributed by atoms with Crippen molar-refractivity contribution in [3.8, 4) is 22.8 Å². The van der Waals surface area contributed by atoms with Crippen molar-refractivity contribution >= 4 is 22.2 Å². The van der Waals surface area contributed by atoms with Crippen LogP contribution < -0.4 is 14.8 Å². The average molecular weight is 412 g/mol. The van der Waals surface area contributed by atoms with E-state index in [1.165, 1.54) is 32.1 Å². The third-order valence-corrected chi connectivity index (χ3v) is 5.38. The molecular formula is C23H29N3O2S. The van der Waals surface area contributed by atoms with E-state index in [-0.39, 0.29) is 0 Å². The molecule has 0 fully saturated rings. The summed E-state index contributed by atoms with van der Waals surface area (Å²) in [5.74, 6) is 1.63. The van der Waals surface area contributed by atoms with Crippen LogP contribution in [0.5, 0.6) is 11.5 Å². The Bertz CT molecular complexity index is 865. The molecule has 0 saturated carbocycles. The fraction of sp³-hybridized carbons (Fsp3) is 0.391. The Labute approximate surface area is 177 Å². The second-order valence-corrected chi connectivity index (χ2v) is 7.78. The molecule has 0 radical (unpaired) electrons. The quantitative estimate of drug-likeness (QED) is 0.336. The molecule has 29 heavy (non-hydrogen) atoms. The van der Waals surface area contributed by atoms with Crippen molar-refractivity contribution in [1.29, 1.82) is 0 Å². The van der Waals surface area contributed by atoms with Crippen LogP contribution >= 0.6 is 11.3 Å². The maximum Gasteiger partial charge on any atom is 0.187 e. The third-order valence-electron chi connectivity index (χ3n) is 4.62. The Balaban J connectivity index is 1.47. The molecule has 3 rings (SSSR count). The number of methoxy groups -OCH3 is 1. The van der Waals surface area contributed by atoms with E-state index in [2.05, 4.69) is 22.2 Å². The second kappa shape index (κ2) is 11.4. The fourth-order valence-electron chi connectivity index (χ4n) is 2.96. The smallest absolute Gasteiger partial charge is 0.187 e. The van der Waals surface area contributed by atoms with Crippen LogP contribution in [0.2, 0.25) is 0 Å². The summed E-state index contributed by atoms with van der Waals surface area (Å²) in [6.45, 7) is 3.02. The molecule has 1 N–H and O–H groups in total. The molecule has 1 aromatic carbocycles. The van der Waals surface area contributed by atoms with Gasteiger partial charge in [0.25, 0.3) is 0 Å². The Morgan fingerprint density at radius 2 is 1.76 bits per heavy atom. The van der Waals surface area contributed by atoms with E-state index in [9.17, 15) is 0 Å². The highest BCUT2D eigenvalue weighted by Gasteiger charge is 2.07. The van der Waals surface area contributed by atoms with Gasteiger partial charge in [-0.05, 0) is 36.8 Å². The van der Waals surface area contributed by atoms with Crippen LogP contribution in [-0.4, -0.2) is 23.7 Å². The van der Waals surface area contributed by atoms with E-state index in [0.29, 0.717) is 0 Å². The van der Waals surface area contributed by atoms with Crippen molar-refractivity contribution in [2.24, 2.45) is 0 Å². The maximum atomic E-state index is 5.84. The van der Waals surface area contributed by atoms with E-state index >= 15 is 0 Å². The number of aromatic nitrogens is 2. The van der Waals surface area contributed by atoms with Gasteiger partial charge in [-0.3, -0.25) is 4.98 Å². The Morgan fingerprint density at radius 3 is 2.55 bits per heavy atom. The van der Waals surface area contributed by atoms with Gasteiger partial charge < -0.3 is 14.8 Å². The highest BCUT2D eigenvalue weighted by molar-refractivity contribution is 7.14. The van der Waals surface area contributed by atoms with E-state index in [4.69, 9.17) is 9.47 Å². The molecule has 2 aromatic heterocycles. The van der Waals surface area contributed by atoms with Gasteiger partial charge in [-0.15, -0.1) is 11.3 Å². The number of unbranched alkanes of at least 4 members (excludes halogenated alkanes) is 5. The lowest BCUT2D eigenvalue weighted by Gasteiger charge is -2.08. The third kappa shape index (κ3) is 6.75. The normalized spacial score (nSPS) is 10.7. The van der Waals surface area contributed by atoms with Crippen molar-refractivity contribution in [2.45, 2.75) is 45.4 Å². The molecular weight excluding hydrogens is 382 g/mol. The summed E-state index contributed by atoms with van der Waals surface area (Å²) in [7, 11) is 1.63. The van der Waals surface area contributed by atoms with Crippen molar-refractivity contribution in [1.82, 2.24) is 9.97 Å². The van der Waals surface area contributed by atoms with E-state index in [1.807, 2.05) is 35.7 Å². The Kier molecular flexibility index (Phi) is 8.31. The molecule has 2 heterocycles. The minimum atomic E-state index is 0.724. The monoisotopic (exact) mass is 411 g/mol. The lowest BCUT2D eigenvalue weighted by atomic mass is 10.1. The molecule has 6 heteroatoms. The lowest BCUT2D eigenvalue weighted by Crippen LogP contribution is -1.97. The number of benzene rings is 1. The van der Waals surface area contributed by atoms with Gasteiger partial charge in [-0.1, -0.05) is 39.0 Å². The van der Waals surface area contributed by atoms with Gasteiger partial charge in [0, 0.05) is 22.8 Å². The number of nitrogens with one attached hydrogen (secondary N) is 1. The van der Waals surface area contributed by atoms with Crippen LogP contribution in [0.3, 0.4) is 0 Å². The average Bonchev–Trinajstić information content (AvgIpc) is 3.23. The molecule has 0 spiro atoms. The SMILES string of the molecule is CCCCCCCCOc1ccc(Nc2nc(-c3cncc(OC)c3)cs2)cc1. The second-order valence-electron chi connectivity index (χ2n) is 6.92. The number of ether oxygens (including phenoxy) is 2.